The maximum Gasteiger partial charge on any atom is 0.213 e. The number of rotatable bonds is 9. The van der Waals surface area contributed by atoms with Gasteiger partial charge in [0.05, 0.1) is 24.5 Å². The summed E-state index contributed by atoms with van der Waals surface area (Å²) in [5.74, 6) is 1.27. The number of guanidine groups is 1. The summed E-state index contributed by atoms with van der Waals surface area (Å²) in [6.45, 7) is 4.27. The van der Waals surface area contributed by atoms with E-state index in [9.17, 15) is 8.42 Å². The largest absolute Gasteiger partial charge is 0.357 e. The highest BCUT2D eigenvalue weighted by Crippen LogP contribution is 2.27. The number of nitrogens with zero attached hydrogens (tertiary/aromatic N) is 3. The number of sulfonamides is 1. The van der Waals surface area contributed by atoms with Gasteiger partial charge in [-0.15, -0.1) is 11.3 Å². The zero-order chi connectivity index (χ0) is 20.0. The molecule has 2 aliphatic rings. The number of aliphatic imine (C=N–C) groups is 1. The van der Waals surface area contributed by atoms with Crippen molar-refractivity contribution in [2.45, 2.75) is 58.4 Å². The Bertz CT molecular complexity index is 748. The van der Waals surface area contributed by atoms with Crippen LogP contribution in [0.5, 0.6) is 0 Å². The van der Waals surface area contributed by atoms with Gasteiger partial charge >= 0.3 is 0 Å². The van der Waals surface area contributed by atoms with Crippen LogP contribution in [-0.4, -0.2) is 56.7 Å². The van der Waals surface area contributed by atoms with Gasteiger partial charge in [0.25, 0.3) is 0 Å². The molecule has 0 amide bonds. The number of hydrogen-bond acceptors (Lipinski definition) is 5. The highest BCUT2D eigenvalue weighted by molar-refractivity contribution is 7.89. The summed E-state index contributed by atoms with van der Waals surface area (Å²) < 4.78 is 27.1. The van der Waals surface area contributed by atoms with Crippen LogP contribution in [0.25, 0.3) is 0 Å². The van der Waals surface area contributed by atoms with E-state index in [-0.39, 0.29) is 12.3 Å². The molecule has 1 fully saturated rings. The lowest BCUT2D eigenvalue weighted by Gasteiger charge is -2.25. The van der Waals surface area contributed by atoms with Gasteiger partial charge in [-0.25, -0.2) is 18.1 Å². The van der Waals surface area contributed by atoms with Gasteiger partial charge in [-0.1, -0.05) is 6.42 Å². The van der Waals surface area contributed by atoms with Gasteiger partial charge in [0, 0.05) is 25.0 Å². The Hall–Kier alpha value is -1.19. The van der Waals surface area contributed by atoms with Crippen molar-refractivity contribution in [1.29, 1.82) is 0 Å². The molecule has 0 aliphatic heterocycles. The van der Waals surface area contributed by atoms with Crippen LogP contribution in [0.1, 0.15) is 54.6 Å². The van der Waals surface area contributed by atoms with E-state index >= 15 is 0 Å². The molecule has 28 heavy (non-hydrogen) atoms. The van der Waals surface area contributed by atoms with Crippen LogP contribution in [0.3, 0.4) is 0 Å². The average Bonchev–Trinajstić information content (AvgIpc) is 3.01. The van der Waals surface area contributed by atoms with Crippen molar-refractivity contribution >= 4 is 27.3 Å². The van der Waals surface area contributed by atoms with Crippen molar-refractivity contribution in [3.63, 3.8) is 0 Å². The van der Waals surface area contributed by atoms with Crippen molar-refractivity contribution in [1.82, 2.24) is 19.9 Å². The van der Waals surface area contributed by atoms with Crippen LogP contribution in [0.4, 0.5) is 0 Å². The van der Waals surface area contributed by atoms with Crippen molar-refractivity contribution < 1.29 is 8.42 Å². The average molecular weight is 428 g/mol. The van der Waals surface area contributed by atoms with Gasteiger partial charge < -0.3 is 10.2 Å². The van der Waals surface area contributed by atoms with E-state index in [0.717, 1.165) is 43.2 Å². The van der Waals surface area contributed by atoms with Gasteiger partial charge in [-0.2, -0.15) is 0 Å². The fraction of sp³-hybridized carbons (Fsp3) is 0.789. The number of thiazole rings is 1. The van der Waals surface area contributed by atoms with Crippen LogP contribution >= 0.6 is 11.3 Å². The zero-order valence-corrected chi connectivity index (χ0v) is 18.7. The predicted molar refractivity (Wildman–Crippen MR) is 115 cm³/mol. The van der Waals surface area contributed by atoms with Crippen LogP contribution in [0.15, 0.2) is 4.99 Å². The summed E-state index contributed by atoms with van der Waals surface area (Å²) in [7, 11) is -1.29. The predicted octanol–water partition coefficient (Wildman–Crippen LogP) is 2.14. The van der Waals surface area contributed by atoms with Crippen LogP contribution in [0.2, 0.25) is 0 Å². The first-order valence-electron chi connectivity index (χ1n) is 10.4. The monoisotopic (exact) mass is 427 g/mol. The molecule has 0 spiro atoms. The fourth-order valence-electron chi connectivity index (χ4n) is 3.51. The summed E-state index contributed by atoms with van der Waals surface area (Å²) in [6.07, 6.45) is 8.23. The third-order valence-electron chi connectivity index (χ3n) is 5.40. The minimum Gasteiger partial charge on any atom is -0.357 e. The van der Waals surface area contributed by atoms with E-state index < -0.39 is 10.0 Å². The summed E-state index contributed by atoms with van der Waals surface area (Å²) in [5, 5.41) is 4.36. The van der Waals surface area contributed by atoms with Gasteiger partial charge in [0.15, 0.2) is 5.96 Å². The lowest BCUT2D eigenvalue weighted by Crippen LogP contribution is -2.39. The van der Waals surface area contributed by atoms with Crippen molar-refractivity contribution in [2.24, 2.45) is 10.9 Å². The molecule has 9 heteroatoms. The molecule has 2 N–H and O–H groups in total. The van der Waals surface area contributed by atoms with Crippen molar-refractivity contribution in [2.75, 3.05) is 32.4 Å². The van der Waals surface area contributed by atoms with E-state index in [1.807, 2.05) is 18.9 Å². The summed E-state index contributed by atoms with van der Waals surface area (Å²) in [6, 6.07) is 0. The molecule has 0 unspecified atom stereocenters. The second kappa shape index (κ2) is 10.0. The van der Waals surface area contributed by atoms with Gasteiger partial charge in [-0.3, -0.25) is 4.99 Å². The Labute approximate surface area is 173 Å². The minimum absolute atomic E-state index is 0.0218. The molecule has 1 saturated carbocycles. The molecule has 0 atom stereocenters. The lowest BCUT2D eigenvalue weighted by atomic mass is 9.86. The Balaban J connectivity index is 1.52. The lowest BCUT2D eigenvalue weighted by molar-refractivity contribution is 0.316. The van der Waals surface area contributed by atoms with Crippen molar-refractivity contribution in [3.05, 3.63) is 15.6 Å². The quantitative estimate of drug-likeness (QED) is 0.466. The Morgan fingerprint density at radius 1 is 1.29 bits per heavy atom. The first-order chi connectivity index (χ1) is 13.5. The van der Waals surface area contributed by atoms with Crippen LogP contribution in [-0.2, 0) is 29.4 Å². The van der Waals surface area contributed by atoms with E-state index in [2.05, 4.69) is 15.0 Å². The van der Waals surface area contributed by atoms with E-state index in [1.165, 1.54) is 29.8 Å². The highest BCUT2D eigenvalue weighted by Gasteiger charge is 2.20. The smallest absolute Gasteiger partial charge is 0.213 e. The Morgan fingerprint density at radius 2 is 2.07 bits per heavy atom. The molecular weight excluding hydrogens is 394 g/mol. The SMILES string of the molecule is CCNC(=NCCS(=O)(=O)NCC1CCC1)N(C)Cc1nc2c(s1)CCCC2. The maximum atomic E-state index is 12.2. The standard InChI is InChI=1S/C19H33N5O2S2/c1-3-20-19(21-11-12-28(25,26)22-13-15-7-6-8-15)24(2)14-18-23-16-9-4-5-10-17(16)27-18/h15,22H,3-14H2,1-2H3,(H,20,21). The molecule has 2 aliphatic carbocycles. The van der Waals surface area contributed by atoms with Crippen molar-refractivity contribution in [3.8, 4) is 0 Å². The van der Waals surface area contributed by atoms with Gasteiger partial charge in [0.1, 0.15) is 5.01 Å². The highest BCUT2D eigenvalue weighted by atomic mass is 32.2. The van der Waals surface area contributed by atoms with Gasteiger partial charge in [0.2, 0.25) is 10.0 Å². The molecule has 1 heterocycles. The second-order valence-corrected chi connectivity index (χ2v) is 10.8. The second-order valence-electron chi connectivity index (χ2n) is 7.74. The van der Waals surface area contributed by atoms with Crippen LogP contribution in [0, 0.1) is 5.92 Å². The Kier molecular flexibility index (Phi) is 7.70. The van der Waals surface area contributed by atoms with E-state index in [1.54, 1.807) is 11.3 Å². The molecule has 0 saturated heterocycles. The normalized spacial score (nSPS) is 17.9. The topological polar surface area (TPSA) is 86.7 Å². The van der Waals surface area contributed by atoms with E-state index in [0.29, 0.717) is 19.0 Å². The molecule has 0 radical (unpaired) electrons. The Morgan fingerprint density at radius 3 is 2.75 bits per heavy atom. The fourth-order valence-corrected chi connectivity index (χ4v) is 5.68. The number of aryl methyl sites for hydroxylation is 2. The number of aromatic nitrogens is 1. The van der Waals surface area contributed by atoms with E-state index in [4.69, 9.17) is 4.98 Å². The maximum absolute atomic E-state index is 12.2. The number of fused-ring (bicyclic) bond motifs is 1. The third kappa shape index (κ3) is 6.15. The molecule has 1 aromatic rings. The zero-order valence-electron chi connectivity index (χ0n) is 17.0. The summed E-state index contributed by atoms with van der Waals surface area (Å²) in [5.41, 5.74) is 1.27. The number of nitrogens with one attached hydrogen (secondary N) is 2. The summed E-state index contributed by atoms with van der Waals surface area (Å²) in [4.78, 5) is 12.8. The first-order valence-corrected chi connectivity index (χ1v) is 12.9. The van der Waals surface area contributed by atoms with Gasteiger partial charge in [-0.05, 0) is 51.4 Å². The third-order valence-corrected chi connectivity index (χ3v) is 7.87. The molecule has 0 bridgehead atoms. The molecule has 7 nitrogen and oxygen atoms in total. The first kappa shape index (κ1) is 21.5. The minimum atomic E-state index is -3.26. The molecule has 1 aromatic heterocycles. The van der Waals surface area contributed by atoms with Crippen LogP contribution < -0.4 is 10.0 Å². The summed E-state index contributed by atoms with van der Waals surface area (Å²) >= 11 is 1.80. The molecule has 0 aromatic carbocycles. The molecule has 3 rings (SSSR count). The molecule has 158 valence electrons. The molecular formula is C19H33N5O2S2. The number of hydrogen-bond donors (Lipinski definition) is 2.